The number of nitrogens with two attached hydrogens (primary N) is 1. The maximum Gasteiger partial charge on any atom is 0.115 e. The highest BCUT2D eigenvalue weighted by Gasteiger charge is 2.30. The Morgan fingerprint density at radius 1 is 1.19 bits per heavy atom. The number of aromatic nitrogens is 2. The summed E-state index contributed by atoms with van der Waals surface area (Å²) in [7, 11) is 0. The summed E-state index contributed by atoms with van der Waals surface area (Å²) in [5, 5.41) is 4.72. The summed E-state index contributed by atoms with van der Waals surface area (Å²) in [6.07, 6.45) is 4.61. The predicted molar refractivity (Wildman–Crippen MR) is 88.2 cm³/mol. The van der Waals surface area contributed by atoms with Crippen LogP contribution in [0.4, 0.5) is 5.69 Å². The number of rotatable bonds is 3. The molecule has 0 spiro atoms. The summed E-state index contributed by atoms with van der Waals surface area (Å²) < 4.78 is 2.04. The molecule has 1 fully saturated rings. The van der Waals surface area contributed by atoms with Crippen LogP contribution in [-0.2, 0) is 5.41 Å². The number of hydrogen-bond acceptors (Lipinski definition) is 2. The van der Waals surface area contributed by atoms with Gasteiger partial charge in [0.25, 0.3) is 0 Å². The van der Waals surface area contributed by atoms with Crippen molar-refractivity contribution in [2.24, 2.45) is 5.92 Å². The average molecular weight is 283 g/mol. The molecule has 0 aliphatic heterocycles. The summed E-state index contributed by atoms with van der Waals surface area (Å²) >= 11 is 0. The molecule has 1 unspecified atom stereocenters. The Labute approximate surface area is 127 Å². The normalized spacial score (nSPS) is 17.0. The fourth-order valence-corrected chi connectivity index (χ4v) is 2.76. The number of anilines is 1. The Bertz CT molecular complexity index is 627. The van der Waals surface area contributed by atoms with E-state index < -0.39 is 0 Å². The van der Waals surface area contributed by atoms with Crippen molar-refractivity contribution in [3.05, 3.63) is 36.0 Å². The lowest BCUT2D eigenvalue weighted by Crippen LogP contribution is -2.10. The van der Waals surface area contributed by atoms with Gasteiger partial charge in [-0.25, -0.2) is 0 Å². The minimum absolute atomic E-state index is 0.171. The third-order valence-corrected chi connectivity index (χ3v) is 4.51. The van der Waals surface area contributed by atoms with Crippen molar-refractivity contribution in [1.29, 1.82) is 0 Å². The summed E-state index contributed by atoms with van der Waals surface area (Å²) in [4.78, 5) is 0. The molecule has 3 rings (SSSR count). The Kier molecular flexibility index (Phi) is 3.31. The van der Waals surface area contributed by atoms with E-state index in [-0.39, 0.29) is 5.41 Å². The summed E-state index contributed by atoms with van der Waals surface area (Å²) in [5.41, 5.74) is 10.4. The van der Waals surface area contributed by atoms with Crippen LogP contribution in [0.2, 0.25) is 0 Å². The largest absolute Gasteiger partial charge is 0.396 e. The number of nitrogens with zero attached hydrogens (tertiary/aromatic N) is 2. The summed E-state index contributed by atoms with van der Waals surface area (Å²) in [6.45, 7) is 8.91. The molecule has 2 aromatic rings. The molecule has 1 atom stereocenters. The van der Waals surface area contributed by atoms with E-state index >= 15 is 0 Å². The van der Waals surface area contributed by atoms with Gasteiger partial charge < -0.3 is 5.73 Å². The summed E-state index contributed by atoms with van der Waals surface area (Å²) in [5.74, 6) is 0.778. The molecule has 1 saturated carbocycles. The van der Waals surface area contributed by atoms with E-state index in [0.717, 1.165) is 22.9 Å². The van der Waals surface area contributed by atoms with Crippen LogP contribution in [0.15, 0.2) is 30.5 Å². The van der Waals surface area contributed by atoms with E-state index in [4.69, 9.17) is 10.8 Å². The molecule has 1 aromatic heterocycles. The van der Waals surface area contributed by atoms with Gasteiger partial charge in [-0.2, -0.15) is 5.10 Å². The second kappa shape index (κ2) is 4.90. The lowest BCUT2D eigenvalue weighted by Gasteiger charge is -2.19. The minimum atomic E-state index is 0.171. The molecule has 1 aliphatic rings. The highest BCUT2D eigenvalue weighted by molar-refractivity contribution is 5.72. The Morgan fingerprint density at radius 2 is 1.81 bits per heavy atom. The molecule has 3 heteroatoms. The zero-order chi connectivity index (χ0) is 15.2. The van der Waals surface area contributed by atoms with Gasteiger partial charge in [0, 0.05) is 11.8 Å². The fourth-order valence-electron chi connectivity index (χ4n) is 2.76. The lowest BCUT2D eigenvalue weighted by molar-refractivity contribution is 0.441. The standard InChI is InChI=1S/C18H25N3/c1-12(13-5-6-13)21-11-16(19)17(20-21)14-7-9-15(10-8-14)18(2,3)4/h7-13H,5-6,19H2,1-4H3. The van der Waals surface area contributed by atoms with Crippen LogP contribution >= 0.6 is 0 Å². The van der Waals surface area contributed by atoms with Crippen LogP contribution in [0, 0.1) is 5.92 Å². The molecular formula is C18H25N3. The smallest absolute Gasteiger partial charge is 0.115 e. The van der Waals surface area contributed by atoms with Gasteiger partial charge in [-0.3, -0.25) is 4.68 Å². The van der Waals surface area contributed by atoms with Crippen molar-refractivity contribution >= 4 is 5.69 Å². The quantitative estimate of drug-likeness (QED) is 0.907. The first-order valence-electron chi connectivity index (χ1n) is 7.82. The van der Waals surface area contributed by atoms with E-state index in [9.17, 15) is 0 Å². The summed E-state index contributed by atoms with van der Waals surface area (Å²) in [6, 6.07) is 9.07. The van der Waals surface area contributed by atoms with Crippen LogP contribution in [0.3, 0.4) is 0 Å². The van der Waals surface area contributed by atoms with Crippen LogP contribution in [-0.4, -0.2) is 9.78 Å². The Hall–Kier alpha value is -1.77. The second-order valence-electron chi connectivity index (χ2n) is 7.32. The van der Waals surface area contributed by atoms with Crippen molar-refractivity contribution in [3.63, 3.8) is 0 Å². The molecule has 21 heavy (non-hydrogen) atoms. The molecule has 0 radical (unpaired) electrons. The van der Waals surface area contributed by atoms with Gasteiger partial charge in [-0.15, -0.1) is 0 Å². The third kappa shape index (κ3) is 2.82. The van der Waals surface area contributed by atoms with E-state index in [1.54, 1.807) is 0 Å². The van der Waals surface area contributed by atoms with Crippen molar-refractivity contribution in [1.82, 2.24) is 9.78 Å². The molecule has 112 valence electrons. The van der Waals surface area contributed by atoms with Gasteiger partial charge in [-0.05, 0) is 36.7 Å². The topological polar surface area (TPSA) is 43.8 Å². The molecular weight excluding hydrogens is 258 g/mol. The van der Waals surface area contributed by atoms with Gasteiger partial charge in [0.2, 0.25) is 0 Å². The van der Waals surface area contributed by atoms with Gasteiger partial charge in [-0.1, -0.05) is 45.0 Å². The molecule has 2 N–H and O–H groups in total. The third-order valence-electron chi connectivity index (χ3n) is 4.51. The second-order valence-corrected chi connectivity index (χ2v) is 7.32. The molecule has 3 nitrogen and oxygen atoms in total. The maximum atomic E-state index is 6.17. The predicted octanol–water partition coefficient (Wildman–Crippen LogP) is 4.40. The molecule has 1 aromatic carbocycles. The van der Waals surface area contributed by atoms with Gasteiger partial charge in [0.1, 0.15) is 5.69 Å². The van der Waals surface area contributed by atoms with Crippen molar-refractivity contribution in [2.45, 2.75) is 52.0 Å². The van der Waals surface area contributed by atoms with Crippen molar-refractivity contribution in [2.75, 3.05) is 5.73 Å². The number of nitrogen functional groups attached to an aromatic ring is 1. The monoisotopic (exact) mass is 283 g/mol. The van der Waals surface area contributed by atoms with Crippen LogP contribution in [0.25, 0.3) is 11.3 Å². The first kappa shape index (κ1) is 14.2. The van der Waals surface area contributed by atoms with Crippen molar-refractivity contribution < 1.29 is 0 Å². The first-order chi connectivity index (χ1) is 9.86. The number of hydrogen-bond donors (Lipinski definition) is 1. The van der Waals surface area contributed by atoms with Crippen molar-refractivity contribution in [3.8, 4) is 11.3 Å². The van der Waals surface area contributed by atoms with E-state index in [1.165, 1.54) is 18.4 Å². The van der Waals surface area contributed by atoms with Crippen LogP contribution in [0.5, 0.6) is 0 Å². The molecule has 1 heterocycles. The Morgan fingerprint density at radius 3 is 2.33 bits per heavy atom. The van der Waals surface area contributed by atoms with Crippen LogP contribution < -0.4 is 5.73 Å². The van der Waals surface area contributed by atoms with E-state index in [0.29, 0.717) is 6.04 Å². The lowest BCUT2D eigenvalue weighted by atomic mass is 9.86. The minimum Gasteiger partial charge on any atom is -0.396 e. The first-order valence-corrected chi connectivity index (χ1v) is 7.82. The molecule has 0 bridgehead atoms. The highest BCUT2D eigenvalue weighted by Crippen LogP contribution is 2.40. The Balaban J connectivity index is 1.89. The highest BCUT2D eigenvalue weighted by atomic mass is 15.3. The van der Waals surface area contributed by atoms with Gasteiger partial charge in [0.15, 0.2) is 0 Å². The molecule has 0 saturated heterocycles. The molecule has 1 aliphatic carbocycles. The van der Waals surface area contributed by atoms with Crippen LogP contribution in [0.1, 0.15) is 52.1 Å². The van der Waals surface area contributed by atoms with Gasteiger partial charge >= 0.3 is 0 Å². The maximum absolute atomic E-state index is 6.17. The zero-order valence-corrected chi connectivity index (χ0v) is 13.4. The average Bonchev–Trinajstić information content (AvgIpc) is 3.20. The van der Waals surface area contributed by atoms with Gasteiger partial charge in [0.05, 0.1) is 11.7 Å². The molecule has 0 amide bonds. The zero-order valence-electron chi connectivity index (χ0n) is 13.4. The van der Waals surface area contributed by atoms with E-state index in [1.807, 2.05) is 10.9 Å². The number of benzene rings is 1. The fraction of sp³-hybridized carbons (Fsp3) is 0.500. The SMILES string of the molecule is CC(C1CC1)n1cc(N)c(-c2ccc(C(C)(C)C)cc2)n1. The van der Waals surface area contributed by atoms with E-state index in [2.05, 4.69) is 52.0 Å².